The van der Waals surface area contributed by atoms with Crippen LogP contribution in [0.2, 0.25) is 0 Å². The number of amides is 1. The Bertz CT molecular complexity index is 897. The van der Waals surface area contributed by atoms with E-state index < -0.39 is 15.9 Å². The molecule has 0 bridgehead atoms. The summed E-state index contributed by atoms with van der Waals surface area (Å²) in [5.74, 6) is 0.127. The fourth-order valence-corrected chi connectivity index (χ4v) is 4.54. The van der Waals surface area contributed by atoms with Gasteiger partial charge in [-0.2, -0.15) is 4.31 Å². The number of ether oxygens (including phenoxy) is 1. The first-order valence-electron chi connectivity index (χ1n) is 8.18. The monoisotopic (exact) mass is 378 g/mol. The fourth-order valence-electron chi connectivity index (χ4n) is 3.05. The molecule has 140 valence electrons. The molecular formula is C17H22N4O4S. The van der Waals surface area contributed by atoms with Crippen LogP contribution in [0.1, 0.15) is 10.5 Å². The molecule has 1 aromatic carbocycles. The second kappa shape index (κ2) is 7.00. The smallest absolute Gasteiger partial charge is 0.265 e. The van der Waals surface area contributed by atoms with Gasteiger partial charge in [0.2, 0.25) is 10.0 Å². The van der Waals surface area contributed by atoms with Gasteiger partial charge in [0, 0.05) is 45.1 Å². The van der Waals surface area contributed by atoms with E-state index in [-0.39, 0.29) is 10.6 Å². The molecule has 0 radical (unpaired) electrons. The number of aryl methyl sites for hydroxylation is 1. The summed E-state index contributed by atoms with van der Waals surface area (Å²) in [6.07, 6.45) is 1.42. The van der Waals surface area contributed by atoms with Gasteiger partial charge in [0.05, 0.1) is 7.11 Å². The molecule has 0 unspecified atom stereocenters. The molecule has 1 aliphatic rings. The Morgan fingerprint density at radius 1 is 1.12 bits per heavy atom. The Labute approximate surface area is 152 Å². The number of piperazine rings is 1. The molecule has 2 N–H and O–H groups in total. The maximum Gasteiger partial charge on any atom is 0.265 e. The number of methoxy groups -OCH3 is 1. The molecule has 26 heavy (non-hydrogen) atoms. The lowest BCUT2D eigenvalue weighted by molar-refractivity contribution is 0.0992. The van der Waals surface area contributed by atoms with Crippen molar-refractivity contribution in [1.29, 1.82) is 0 Å². The lowest BCUT2D eigenvalue weighted by Crippen LogP contribution is -2.48. The zero-order valence-electron chi connectivity index (χ0n) is 14.8. The minimum atomic E-state index is -3.66. The van der Waals surface area contributed by atoms with E-state index in [0.717, 1.165) is 11.4 Å². The summed E-state index contributed by atoms with van der Waals surface area (Å²) in [5, 5.41) is 0. The van der Waals surface area contributed by atoms with Crippen molar-refractivity contribution < 1.29 is 17.9 Å². The first-order valence-corrected chi connectivity index (χ1v) is 9.62. The number of sulfonamides is 1. The number of nitrogens with zero attached hydrogens (tertiary/aromatic N) is 3. The molecule has 0 atom stereocenters. The van der Waals surface area contributed by atoms with Crippen LogP contribution in [0.25, 0.3) is 0 Å². The number of nitrogens with two attached hydrogens (primary N) is 1. The molecule has 2 heterocycles. The summed E-state index contributed by atoms with van der Waals surface area (Å²) in [6, 6.07) is 9.01. The van der Waals surface area contributed by atoms with Crippen molar-refractivity contribution in [2.75, 3.05) is 38.2 Å². The summed E-state index contributed by atoms with van der Waals surface area (Å²) in [4.78, 5) is 13.6. The number of aromatic nitrogens is 1. The maximum absolute atomic E-state index is 12.8. The molecule has 9 heteroatoms. The first-order chi connectivity index (χ1) is 12.3. The van der Waals surface area contributed by atoms with Crippen LogP contribution in [-0.2, 0) is 17.1 Å². The third-order valence-electron chi connectivity index (χ3n) is 4.55. The molecule has 1 saturated heterocycles. The zero-order chi connectivity index (χ0) is 18.9. The summed E-state index contributed by atoms with van der Waals surface area (Å²) >= 11 is 0. The third kappa shape index (κ3) is 3.40. The van der Waals surface area contributed by atoms with Gasteiger partial charge in [0.25, 0.3) is 5.91 Å². The second-order valence-electron chi connectivity index (χ2n) is 6.13. The number of hydrogen-bond acceptors (Lipinski definition) is 5. The van der Waals surface area contributed by atoms with Crippen molar-refractivity contribution >= 4 is 21.6 Å². The van der Waals surface area contributed by atoms with E-state index in [1.54, 1.807) is 14.2 Å². The Kier molecular flexibility index (Phi) is 4.92. The van der Waals surface area contributed by atoms with Gasteiger partial charge in [-0.25, -0.2) is 8.42 Å². The van der Waals surface area contributed by atoms with Gasteiger partial charge < -0.3 is 19.9 Å². The van der Waals surface area contributed by atoms with Gasteiger partial charge in [0.1, 0.15) is 16.3 Å². The lowest BCUT2D eigenvalue weighted by atomic mass is 10.2. The topological polar surface area (TPSA) is 97.9 Å². The molecule has 1 aromatic heterocycles. The summed E-state index contributed by atoms with van der Waals surface area (Å²) < 4.78 is 33.7. The fraction of sp³-hybridized carbons (Fsp3) is 0.353. The minimum Gasteiger partial charge on any atom is -0.497 e. The van der Waals surface area contributed by atoms with Gasteiger partial charge in [-0.15, -0.1) is 0 Å². The molecule has 0 aliphatic carbocycles. The van der Waals surface area contributed by atoms with Crippen LogP contribution in [0.15, 0.2) is 41.4 Å². The molecule has 2 aromatic rings. The summed E-state index contributed by atoms with van der Waals surface area (Å²) in [5.41, 5.74) is 6.46. The van der Waals surface area contributed by atoms with Gasteiger partial charge in [0.15, 0.2) is 0 Å². The zero-order valence-corrected chi connectivity index (χ0v) is 15.6. The van der Waals surface area contributed by atoms with Crippen molar-refractivity contribution in [3.8, 4) is 5.75 Å². The highest BCUT2D eigenvalue weighted by Gasteiger charge is 2.30. The van der Waals surface area contributed by atoms with E-state index in [0.29, 0.717) is 26.2 Å². The predicted molar refractivity (Wildman–Crippen MR) is 97.9 cm³/mol. The van der Waals surface area contributed by atoms with Crippen LogP contribution in [0, 0.1) is 0 Å². The van der Waals surface area contributed by atoms with E-state index in [4.69, 9.17) is 10.5 Å². The van der Waals surface area contributed by atoms with E-state index in [9.17, 15) is 13.2 Å². The molecule has 3 rings (SSSR count). The lowest BCUT2D eigenvalue weighted by Gasteiger charge is -2.35. The molecular weight excluding hydrogens is 356 g/mol. The number of carbonyl (C=O) groups is 1. The van der Waals surface area contributed by atoms with Crippen molar-refractivity contribution in [2.24, 2.45) is 12.8 Å². The van der Waals surface area contributed by atoms with E-state index in [2.05, 4.69) is 4.90 Å². The van der Waals surface area contributed by atoms with E-state index >= 15 is 0 Å². The average Bonchev–Trinajstić information content (AvgIpc) is 3.05. The SMILES string of the molecule is COc1ccc(N2CCN(S(=O)(=O)c3cc(C(N)=O)n(C)c3)CC2)cc1. The Balaban J connectivity index is 1.72. The minimum absolute atomic E-state index is 0.0895. The quantitative estimate of drug-likeness (QED) is 0.824. The van der Waals surface area contributed by atoms with Crippen LogP contribution >= 0.6 is 0 Å². The van der Waals surface area contributed by atoms with Crippen molar-refractivity contribution in [3.05, 3.63) is 42.2 Å². The molecule has 1 fully saturated rings. The molecule has 0 spiro atoms. The standard InChI is InChI=1S/C17H22N4O4S/c1-19-12-15(11-16(19)17(18)22)26(23,24)21-9-7-20(8-10-21)13-3-5-14(25-2)6-4-13/h3-6,11-12H,7-10H2,1-2H3,(H2,18,22). The third-order valence-corrected chi connectivity index (χ3v) is 6.41. The molecule has 1 aliphatic heterocycles. The average molecular weight is 378 g/mol. The maximum atomic E-state index is 12.8. The van der Waals surface area contributed by atoms with Crippen LogP contribution in [0.5, 0.6) is 5.75 Å². The first kappa shape index (κ1) is 18.3. The second-order valence-corrected chi connectivity index (χ2v) is 8.06. The largest absolute Gasteiger partial charge is 0.497 e. The van der Waals surface area contributed by atoms with E-state index in [1.165, 1.54) is 21.1 Å². The highest BCUT2D eigenvalue weighted by molar-refractivity contribution is 7.89. The van der Waals surface area contributed by atoms with E-state index in [1.807, 2.05) is 24.3 Å². The molecule has 8 nitrogen and oxygen atoms in total. The van der Waals surface area contributed by atoms with Crippen molar-refractivity contribution in [1.82, 2.24) is 8.87 Å². The number of hydrogen-bond donors (Lipinski definition) is 1. The van der Waals surface area contributed by atoms with Crippen LogP contribution in [0.3, 0.4) is 0 Å². The summed E-state index contributed by atoms with van der Waals surface area (Å²) in [7, 11) is -0.441. The molecule has 1 amide bonds. The summed E-state index contributed by atoms with van der Waals surface area (Å²) in [6.45, 7) is 1.91. The predicted octanol–water partition coefficient (Wildman–Crippen LogP) is 0.644. The highest BCUT2D eigenvalue weighted by Crippen LogP contribution is 2.24. The van der Waals surface area contributed by atoms with Gasteiger partial charge in [-0.1, -0.05) is 0 Å². The van der Waals surface area contributed by atoms with Gasteiger partial charge in [-0.3, -0.25) is 4.79 Å². The normalized spacial score (nSPS) is 15.8. The number of benzene rings is 1. The van der Waals surface area contributed by atoms with Crippen LogP contribution < -0.4 is 15.4 Å². The number of primary amides is 1. The Morgan fingerprint density at radius 2 is 1.73 bits per heavy atom. The van der Waals surface area contributed by atoms with Crippen molar-refractivity contribution in [3.63, 3.8) is 0 Å². The highest BCUT2D eigenvalue weighted by atomic mass is 32.2. The molecule has 0 saturated carbocycles. The number of carbonyl (C=O) groups excluding carboxylic acids is 1. The van der Waals surface area contributed by atoms with Gasteiger partial charge in [-0.05, 0) is 30.3 Å². The Hall–Kier alpha value is -2.52. The van der Waals surface area contributed by atoms with Crippen molar-refractivity contribution in [2.45, 2.75) is 4.90 Å². The Morgan fingerprint density at radius 3 is 2.23 bits per heavy atom. The van der Waals surface area contributed by atoms with Gasteiger partial charge >= 0.3 is 0 Å². The van der Waals surface area contributed by atoms with Crippen LogP contribution in [-0.4, -0.2) is 56.5 Å². The number of rotatable bonds is 5. The number of anilines is 1. The van der Waals surface area contributed by atoms with Crippen LogP contribution in [0.4, 0.5) is 5.69 Å².